The van der Waals surface area contributed by atoms with Crippen molar-refractivity contribution in [1.29, 1.82) is 0 Å². The van der Waals surface area contributed by atoms with Gasteiger partial charge in [-0.2, -0.15) is 0 Å². The van der Waals surface area contributed by atoms with Gasteiger partial charge in [-0.1, -0.05) is 56.3 Å². The zero-order chi connectivity index (χ0) is 30.1. The first kappa shape index (κ1) is 30.6. The van der Waals surface area contributed by atoms with E-state index >= 15 is 0 Å². The first-order valence-corrected chi connectivity index (χ1v) is 17.6. The molecule has 0 unspecified atom stereocenters. The molecule has 42 heavy (non-hydrogen) atoms. The van der Waals surface area contributed by atoms with Crippen LogP contribution in [0.25, 0.3) is 0 Å². The molecule has 2 aromatic carbocycles. The van der Waals surface area contributed by atoms with E-state index in [1.165, 1.54) is 53.3 Å². The van der Waals surface area contributed by atoms with Crippen LogP contribution >= 0.6 is 0 Å². The zero-order valence-electron chi connectivity index (χ0n) is 25.6. The number of nitrogens with zero attached hydrogens (tertiary/aromatic N) is 2. The van der Waals surface area contributed by atoms with E-state index in [0.717, 1.165) is 36.0 Å². The summed E-state index contributed by atoms with van der Waals surface area (Å²) in [6.07, 6.45) is 10.1. The highest BCUT2D eigenvalue weighted by molar-refractivity contribution is 7.92. The molecule has 7 nitrogen and oxygen atoms in total. The minimum Gasteiger partial charge on any atom is -0.352 e. The Kier molecular flexibility index (Phi) is 9.02. The van der Waals surface area contributed by atoms with Crippen LogP contribution in [-0.2, 0) is 31.6 Å². The summed E-state index contributed by atoms with van der Waals surface area (Å²) in [5, 5.41) is 3.01. The quantitative estimate of drug-likeness (QED) is 0.345. The Morgan fingerprint density at radius 1 is 0.905 bits per heavy atom. The topological polar surface area (TPSA) is 86.8 Å². The lowest BCUT2D eigenvalue weighted by molar-refractivity contribution is -0.140. The van der Waals surface area contributed by atoms with Gasteiger partial charge in [0.15, 0.2) is 0 Å². The number of carbonyl (C=O) groups excluding carboxylic acids is 2. The van der Waals surface area contributed by atoms with Crippen molar-refractivity contribution in [2.75, 3.05) is 17.1 Å². The number of hydrogen-bond acceptors (Lipinski definition) is 4. The molecule has 0 aliphatic heterocycles. The van der Waals surface area contributed by atoms with Crippen molar-refractivity contribution in [1.82, 2.24) is 10.2 Å². The average molecular weight is 594 g/mol. The Labute approximate surface area is 252 Å². The summed E-state index contributed by atoms with van der Waals surface area (Å²) in [4.78, 5) is 28.8. The van der Waals surface area contributed by atoms with Gasteiger partial charge in [0.05, 0.1) is 11.9 Å². The number of benzene rings is 2. The SMILES string of the molecule is CC[C@@H](C)NC(=O)[C@@H](CC)N(Cc1ccccc1)C(=O)CN(c1ccc(C23CC4CC(CC(C4)C2)C3)cc1)S(C)(=O)=O. The maximum atomic E-state index is 14.0. The van der Waals surface area contributed by atoms with Crippen LogP contribution in [0.4, 0.5) is 5.69 Å². The number of hydrogen-bond donors (Lipinski definition) is 1. The van der Waals surface area contributed by atoms with Gasteiger partial charge in [0, 0.05) is 12.6 Å². The molecule has 4 aliphatic rings. The summed E-state index contributed by atoms with van der Waals surface area (Å²) in [6, 6.07) is 16.7. The minimum absolute atomic E-state index is 0.0276. The molecule has 4 saturated carbocycles. The number of nitrogens with one attached hydrogen (secondary N) is 1. The maximum absolute atomic E-state index is 14.0. The number of anilines is 1. The fourth-order valence-corrected chi connectivity index (χ4v) is 9.05. The van der Waals surface area contributed by atoms with Crippen LogP contribution in [0.3, 0.4) is 0 Å². The largest absolute Gasteiger partial charge is 0.352 e. The van der Waals surface area contributed by atoms with Crippen LogP contribution in [0.15, 0.2) is 54.6 Å². The van der Waals surface area contributed by atoms with Crippen molar-refractivity contribution in [3.8, 4) is 0 Å². The molecule has 2 amide bonds. The fraction of sp³-hybridized carbons (Fsp3) is 0.588. The number of amides is 2. The Morgan fingerprint density at radius 3 is 1.98 bits per heavy atom. The van der Waals surface area contributed by atoms with Gasteiger partial charge in [0.25, 0.3) is 0 Å². The van der Waals surface area contributed by atoms with Crippen LogP contribution in [0.5, 0.6) is 0 Å². The summed E-state index contributed by atoms with van der Waals surface area (Å²) in [7, 11) is -3.77. The second kappa shape index (κ2) is 12.4. The third kappa shape index (κ3) is 6.53. The molecule has 2 atom stereocenters. The summed E-state index contributed by atoms with van der Waals surface area (Å²) < 4.78 is 27.4. The lowest BCUT2D eigenvalue weighted by Gasteiger charge is -2.57. The Bertz CT molecular complexity index is 1320. The predicted octanol–water partition coefficient (Wildman–Crippen LogP) is 5.64. The fourth-order valence-electron chi connectivity index (χ4n) is 8.20. The molecule has 6 rings (SSSR count). The first-order valence-electron chi connectivity index (χ1n) is 15.7. The average Bonchev–Trinajstić information content (AvgIpc) is 2.95. The molecule has 0 saturated heterocycles. The second-order valence-corrected chi connectivity index (χ2v) is 15.2. The summed E-state index contributed by atoms with van der Waals surface area (Å²) in [5.41, 5.74) is 2.88. The van der Waals surface area contributed by atoms with E-state index in [9.17, 15) is 18.0 Å². The summed E-state index contributed by atoms with van der Waals surface area (Å²) in [6.45, 7) is 5.66. The normalized spacial score (nSPS) is 26.0. The van der Waals surface area contributed by atoms with Crippen molar-refractivity contribution in [2.24, 2.45) is 17.8 Å². The molecule has 0 heterocycles. The van der Waals surface area contributed by atoms with Crippen molar-refractivity contribution in [2.45, 2.75) is 96.2 Å². The number of sulfonamides is 1. The number of carbonyl (C=O) groups is 2. The van der Waals surface area contributed by atoms with Crippen LogP contribution in [0.1, 0.15) is 83.3 Å². The van der Waals surface area contributed by atoms with Crippen molar-refractivity contribution in [3.05, 3.63) is 65.7 Å². The molecule has 4 aliphatic carbocycles. The molecule has 4 bridgehead atoms. The third-order valence-electron chi connectivity index (χ3n) is 10.1. The van der Waals surface area contributed by atoms with E-state index < -0.39 is 22.0 Å². The molecular formula is C34H47N3O4S. The van der Waals surface area contributed by atoms with E-state index in [1.807, 2.05) is 63.2 Å². The maximum Gasteiger partial charge on any atom is 0.244 e. The van der Waals surface area contributed by atoms with Crippen molar-refractivity contribution in [3.63, 3.8) is 0 Å². The standard InChI is InChI=1S/C34H47N3O4S/c1-5-24(3)35-33(39)31(6-2)36(22-25-10-8-7-9-11-25)32(38)23-37(42(4,40)41)30-14-12-29(13-15-30)34-19-26-16-27(20-34)18-28(17-26)21-34/h7-15,24,26-28,31H,5-6,16-23H2,1-4H3,(H,35,39)/t24-,26?,27?,28?,31-,34?/m1/s1. The van der Waals surface area contributed by atoms with Crippen molar-refractivity contribution >= 4 is 27.5 Å². The van der Waals surface area contributed by atoms with Crippen LogP contribution in [0, 0.1) is 17.8 Å². The molecule has 0 radical (unpaired) electrons. The van der Waals surface area contributed by atoms with Gasteiger partial charge in [-0.3, -0.25) is 13.9 Å². The Morgan fingerprint density at radius 2 is 1.48 bits per heavy atom. The van der Waals surface area contributed by atoms with E-state index in [0.29, 0.717) is 12.1 Å². The highest BCUT2D eigenvalue weighted by Gasteiger charge is 2.51. The van der Waals surface area contributed by atoms with Gasteiger partial charge < -0.3 is 10.2 Å². The summed E-state index contributed by atoms with van der Waals surface area (Å²) in [5.74, 6) is 1.84. The van der Waals surface area contributed by atoms with Gasteiger partial charge in [-0.15, -0.1) is 0 Å². The van der Waals surface area contributed by atoms with Crippen molar-refractivity contribution < 1.29 is 18.0 Å². The monoisotopic (exact) mass is 593 g/mol. The van der Waals surface area contributed by atoms with Gasteiger partial charge in [0.1, 0.15) is 12.6 Å². The van der Waals surface area contributed by atoms with Gasteiger partial charge in [-0.05, 0) is 105 Å². The van der Waals surface area contributed by atoms with E-state index in [1.54, 1.807) is 0 Å². The van der Waals surface area contributed by atoms with E-state index in [4.69, 9.17) is 0 Å². The molecule has 1 N–H and O–H groups in total. The minimum atomic E-state index is -3.77. The molecule has 8 heteroatoms. The van der Waals surface area contributed by atoms with Crippen LogP contribution < -0.4 is 9.62 Å². The zero-order valence-corrected chi connectivity index (χ0v) is 26.4. The second-order valence-electron chi connectivity index (χ2n) is 13.3. The Balaban J connectivity index is 1.39. The molecule has 0 spiro atoms. The number of rotatable bonds is 12. The highest BCUT2D eigenvalue weighted by atomic mass is 32.2. The molecule has 228 valence electrons. The molecular weight excluding hydrogens is 546 g/mol. The van der Waals surface area contributed by atoms with Gasteiger partial charge >= 0.3 is 0 Å². The summed E-state index contributed by atoms with van der Waals surface area (Å²) >= 11 is 0. The van der Waals surface area contributed by atoms with E-state index in [2.05, 4.69) is 17.4 Å². The lowest BCUT2D eigenvalue weighted by atomic mass is 9.48. The third-order valence-corrected chi connectivity index (χ3v) is 11.2. The smallest absolute Gasteiger partial charge is 0.244 e. The molecule has 4 fully saturated rings. The first-order chi connectivity index (χ1) is 20.0. The van der Waals surface area contributed by atoms with Crippen LogP contribution in [0.2, 0.25) is 0 Å². The van der Waals surface area contributed by atoms with Gasteiger partial charge in [0.2, 0.25) is 21.8 Å². The Hall–Kier alpha value is -2.87. The van der Waals surface area contributed by atoms with Gasteiger partial charge in [-0.25, -0.2) is 8.42 Å². The molecule has 2 aromatic rings. The predicted molar refractivity (Wildman–Crippen MR) is 167 cm³/mol. The van der Waals surface area contributed by atoms with E-state index in [-0.39, 0.29) is 30.5 Å². The highest BCUT2D eigenvalue weighted by Crippen LogP contribution is 2.60. The van der Waals surface area contributed by atoms with Crippen LogP contribution in [-0.4, -0.2) is 50.0 Å². The molecule has 0 aromatic heterocycles. The lowest BCUT2D eigenvalue weighted by Crippen LogP contribution is -2.53.